The first-order chi connectivity index (χ1) is 13.8. The first kappa shape index (κ1) is 16.6. The number of pyridine rings is 1. The third-order valence-electron chi connectivity index (χ3n) is 5.06. The molecule has 1 amide bonds. The SMILES string of the molecule is O=C(NCc1ccc2c(c1)OCO2)c1ccnc(N2CCc3ccccc32)c1. The summed E-state index contributed by atoms with van der Waals surface area (Å²) in [5.41, 5.74) is 4.02. The summed E-state index contributed by atoms with van der Waals surface area (Å²) >= 11 is 0. The minimum Gasteiger partial charge on any atom is -0.454 e. The number of nitrogens with zero attached hydrogens (tertiary/aromatic N) is 2. The van der Waals surface area contributed by atoms with E-state index >= 15 is 0 Å². The van der Waals surface area contributed by atoms with Crippen LogP contribution in [-0.4, -0.2) is 24.2 Å². The van der Waals surface area contributed by atoms with Crippen molar-refractivity contribution >= 4 is 17.4 Å². The molecule has 2 aliphatic rings. The molecule has 28 heavy (non-hydrogen) atoms. The molecule has 5 rings (SSSR count). The first-order valence-corrected chi connectivity index (χ1v) is 9.26. The summed E-state index contributed by atoms with van der Waals surface area (Å²) < 4.78 is 10.7. The number of aromatic nitrogens is 1. The Morgan fingerprint density at radius 2 is 1.96 bits per heavy atom. The molecule has 3 aromatic rings. The van der Waals surface area contributed by atoms with Crippen LogP contribution in [0, 0.1) is 0 Å². The van der Waals surface area contributed by atoms with Gasteiger partial charge in [0.2, 0.25) is 6.79 Å². The Morgan fingerprint density at radius 1 is 1.07 bits per heavy atom. The molecule has 0 radical (unpaired) electrons. The molecule has 0 unspecified atom stereocenters. The maximum absolute atomic E-state index is 12.7. The van der Waals surface area contributed by atoms with Gasteiger partial charge in [0.1, 0.15) is 5.82 Å². The molecule has 140 valence electrons. The summed E-state index contributed by atoms with van der Waals surface area (Å²) in [6.07, 6.45) is 2.67. The Balaban J connectivity index is 1.30. The fourth-order valence-corrected chi connectivity index (χ4v) is 3.62. The van der Waals surface area contributed by atoms with Crippen LogP contribution in [-0.2, 0) is 13.0 Å². The lowest BCUT2D eigenvalue weighted by Gasteiger charge is -2.18. The van der Waals surface area contributed by atoms with E-state index in [1.165, 1.54) is 5.56 Å². The Hall–Kier alpha value is -3.54. The highest BCUT2D eigenvalue weighted by Gasteiger charge is 2.21. The number of hydrogen-bond acceptors (Lipinski definition) is 5. The van der Waals surface area contributed by atoms with E-state index in [1.54, 1.807) is 12.3 Å². The van der Waals surface area contributed by atoms with E-state index in [4.69, 9.17) is 9.47 Å². The van der Waals surface area contributed by atoms with Gasteiger partial charge in [-0.1, -0.05) is 24.3 Å². The Kier molecular flexibility index (Phi) is 4.09. The number of ether oxygens (including phenoxy) is 2. The number of nitrogens with one attached hydrogen (secondary N) is 1. The summed E-state index contributed by atoms with van der Waals surface area (Å²) in [6, 6.07) is 17.6. The number of amides is 1. The van der Waals surface area contributed by atoms with Gasteiger partial charge >= 0.3 is 0 Å². The van der Waals surface area contributed by atoms with E-state index < -0.39 is 0 Å². The van der Waals surface area contributed by atoms with Crippen LogP contribution in [0.4, 0.5) is 11.5 Å². The van der Waals surface area contributed by atoms with Crippen LogP contribution in [0.15, 0.2) is 60.8 Å². The van der Waals surface area contributed by atoms with Crippen LogP contribution < -0.4 is 19.7 Å². The van der Waals surface area contributed by atoms with Crippen molar-refractivity contribution in [2.45, 2.75) is 13.0 Å². The molecule has 0 atom stereocenters. The monoisotopic (exact) mass is 373 g/mol. The maximum Gasteiger partial charge on any atom is 0.251 e. The zero-order valence-corrected chi connectivity index (χ0v) is 15.2. The predicted molar refractivity (Wildman–Crippen MR) is 105 cm³/mol. The van der Waals surface area contributed by atoms with Gasteiger partial charge in [0.15, 0.2) is 11.5 Å². The Labute approximate surface area is 162 Å². The van der Waals surface area contributed by atoms with E-state index in [9.17, 15) is 4.79 Å². The number of fused-ring (bicyclic) bond motifs is 2. The minimum absolute atomic E-state index is 0.131. The van der Waals surface area contributed by atoms with Crippen molar-refractivity contribution < 1.29 is 14.3 Å². The van der Waals surface area contributed by atoms with Crippen molar-refractivity contribution in [1.82, 2.24) is 10.3 Å². The van der Waals surface area contributed by atoms with Crippen molar-refractivity contribution in [3.05, 3.63) is 77.5 Å². The highest BCUT2D eigenvalue weighted by Crippen LogP contribution is 2.34. The molecule has 1 aromatic heterocycles. The average molecular weight is 373 g/mol. The molecule has 2 aromatic carbocycles. The van der Waals surface area contributed by atoms with E-state index in [2.05, 4.69) is 33.4 Å². The molecular formula is C22H19N3O3. The molecule has 0 spiro atoms. The maximum atomic E-state index is 12.7. The van der Waals surface area contributed by atoms with Crippen LogP contribution in [0.1, 0.15) is 21.5 Å². The number of para-hydroxylation sites is 1. The van der Waals surface area contributed by atoms with Crippen molar-refractivity contribution in [2.24, 2.45) is 0 Å². The van der Waals surface area contributed by atoms with Crippen LogP contribution in [0.25, 0.3) is 0 Å². The summed E-state index contributed by atoms with van der Waals surface area (Å²) in [4.78, 5) is 19.3. The quantitative estimate of drug-likeness (QED) is 0.759. The van der Waals surface area contributed by atoms with Gasteiger partial charge in [-0.25, -0.2) is 4.98 Å². The van der Waals surface area contributed by atoms with Gasteiger partial charge < -0.3 is 19.7 Å². The molecule has 2 aliphatic heterocycles. The topological polar surface area (TPSA) is 63.7 Å². The Morgan fingerprint density at radius 3 is 2.93 bits per heavy atom. The predicted octanol–water partition coefficient (Wildman–Crippen LogP) is 3.43. The summed E-state index contributed by atoms with van der Waals surface area (Å²) in [7, 11) is 0. The minimum atomic E-state index is -0.131. The fraction of sp³-hybridized carbons (Fsp3) is 0.182. The average Bonchev–Trinajstić information content (AvgIpc) is 3.38. The summed E-state index contributed by atoms with van der Waals surface area (Å²) in [5.74, 6) is 2.11. The highest BCUT2D eigenvalue weighted by molar-refractivity contribution is 5.95. The lowest BCUT2D eigenvalue weighted by molar-refractivity contribution is 0.0950. The van der Waals surface area contributed by atoms with Gasteiger partial charge in [0.25, 0.3) is 5.91 Å². The number of rotatable bonds is 4. The molecule has 6 nitrogen and oxygen atoms in total. The van der Waals surface area contributed by atoms with E-state index in [0.29, 0.717) is 17.9 Å². The second kappa shape index (κ2) is 6.88. The molecule has 3 heterocycles. The summed E-state index contributed by atoms with van der Waals surface area (Å²) in [5, 5.41) is 2.96. The lowest BCUT2D eigenvalue weighted by Crippen LogP contribution is -2.23. The molecular weight excluding hydrogens is 354 g/mol. The number of hydrogen-bond donors (Lipinski definition) is 1. The lowest BCUT2D eigenvalue weighted by atomic mass is 10.2. The van der Waals surface area contributed by atoms with Crippen molar-refractivity contribution in [2.75, 3.05) is 18.2 Å². The van der Waals surface area contributed by atoms with Gasteiger partial charge in [0.05, 0.1) is 0 Å². The second-order valence-corrected chi connectivity index (χ2v) is 6.80. The van der Waals surface area contributed by atoms with Crippen molar-refractivity contribution in [1.29, 1.82) is 0 Å². The zero-order chi connectivity index (χ0) is 18.9. The molecule has 6 heteroatoms. The van der Waals surface area contributed by atoms with Crippen LogP contribution in [0.2, 0.25) is 0 Å². The first-order valence-electron chi connectivity index (χ1n) is 9.26. The van der Waals surface area contributed by atoms with E-state index in [-0.39, 0.29) is 12.7 Å². The molecule has 0 bridgehead atoms. The Bertz CT molecular complexity index is 1050. The van der Waals surface area contributed by atoms with Gasteiger partial charge in [-0.15, -0.1) is 0 Å². The molecule has 0 fully saturated rings. The third-order valence-corrected chi connectivity index (χ3v) is 5.06. The summed E-state index contributed by atoms with van der Waals surface area (Å²) in [6.45, 7) is 1.53. The van der Waals surface area contributed by atoms with Gasteiger partial charge in [-0.05, 0) is 47.9 Å². The standard InChI is InChI=1S/C22H19N3O3/c26-22(24-13-15-5-6-19-20(11-15)28-14-27-19)17-7-9-23-21(12-17)25-10-8-16-3-1-2-4-18(16)25/h1-7,9,11-12H,8,10,13-14H2,(H,24,26). The highest BCUT2D eigenvalue weighted by atomic mass is 16.7. The van der Waals surface area contributed by atoms with Gasteiger partial charge in [-0.2, -0.15) is 0 Å². The van der Waals surface area contributed by atoms with Crippen molar-refractivity contribution in [3.63, 3.8) is 0 Å². The molecule has 0 aliphatic carbocycles. The number of anilines is 2. The van der Waals surface area contributed by atoms with Crippen LogP contribution >= 0.6 is 0 Å². The van der Waals surface area contributed by atoms with Crippen LogP contribution in [0.5, 0.6) is 11.5 Å². The van der Waals surface area contributed by atoms with E-state index in [0.717, 1.165) is 35.8 Å². The molecule has 0 saturated heterocycles. The fourth-order valence-electron chi connectivity index (χ4n) is 3.62. The molecule has 1 N–H and O–H groups in total. The zero-order valence-electron chi connectivity index (χ0n) is 15.2. The normalized spacial score (nSPS) is 14.1. The smallest absolute Gasteiger partial charge is 0.251 e. The van der Waals surface area contributed by atoms with Gasteiger partial charge in [0, 0.05) is 30.5 Å². The van der Waals surface area contributed by atoms with Crippen LogP contribution in [0.3, 0.4) is 0 Å². The van der Waals surface area contributed by atoms with Crippen molar-refractivity contribution in [3.8, 4) is 11.5 Å². The molecule has 0 saturated carbocycles. The van der Waals surface area contributed by atoms with Gasteiger partial charge in [-0.3, -0.25) is 4.79 Å². The number of benzene rings is 2. The number of carbonyl (C=O) groups is 1. The largest absolute Gasteiger partial charge is 0.454 e. The van der Waals surface area contributed by atoms with E-state index in [1.807, 2.05) is 30.3 Å². The second-order valence-electron chi connectivity index (χ2n) is 6.80. The number of carbonyl (C=O) groups excluding carboxylic acids is 1. The third kappa shape index (κ3) is 3.03.